The van der Waals surface area contributed by atoms with Crippen molar-refractivity contribution < 1.29 is 0 Å². The van der Waals surface area contributed by atoms with E-state index in [4.69, 9.17) is 5.73 Å². The molecule has 0 aromatic heterocycles. The van der Waals surface area contributed by atoms with Gasteiger partial charge in [0.2, 0.25) is 0 Å². The van der Waals surface area contributed by atoms with Gasteiger partial charge < -0.3 is 5.73 Å². The van der Waals surface area contributed by atoms with Crippen LogP contribution in [0.2, 0.25) is 0 Å². The maximum Gasteiger partial charge on any atom is 0.0314 e. The van der Waals surface area contributed by atoms with E-state index in [1.54, 1.807) is 5.56 Å². The third-order valence-corrected chi connectivity index (χ3v) is 7.75. The first-order chi connectivity index (χ1) is 11.1. The number of nitrogens with two attached hydrogens (primary N) is 1. The maximum atomic E-state index is 5.96. The van der Waals surface area contributed by atoms with Crippen LogP contribution in [-0.2, 0) is 10.8 Å². The maximum absolute atomic E-state index is 5.96. The first kappa shape index (κ1) is 13.7. The Hall–Kier alpha value is -1.76. The van der Waals surface area contributed by atoms with Crippen LogP contribution in [0.3, 0.4) is 0 Å². The van der Waals surface area contributed by atoms with Crippen LogP contribution in [0.4, 0.5) is 5.69 Å². The Morgan fingerprint density at radius 3 is 1.87 bits per heavy atom. The van der Waals surface area contributed by atoms with Crippen LogP contribution < -0.4 is 5.73 Å². The number of nitrogen functional groups attached to an aromatic ring is 1. The predicted octanol–water partition coefficient (Wildman–Crippen LogP) is 4.91. The molecule has 0 heterocycles. The molecule has 3 saturated carbocycles. The van der Waals surface area contributed by atoms with Crippen LogP contribution >= 0.6 is 0 Å². The summed E-state index contributed by atoms with van der Waals surface area (Å²) >= 11 is 0. The average Bonchev–Trinajstić information content (AvgIpc) is 2.80. The standard InChI is InChI=1S/C22H25N/c1-20(2)21(15-7-4-3-5-8-15)18-9-6-10-19(18)22(20,21)16-11-13-17(23)14-12-16/h3-5,7-8,11-14,18-19H,6,9-10,23H2,1-2H3/t18-,19+,21-,22+/m0/s1. The van der Waals surface area contributed by atoms with Gasteiger partial charge in [0.05, 0.1) is 0 Å². The molecule has 0 saturated heterocycles. The Kier molecular flexibility index (Phi) is 2.38. The highest BCUT2D eigenvalue weighted by Gasteiger charge is 2.95. The molecule has 0 amide bonds. The second-order valence-electron chi connectivity index (χ2n) is 8.37. The molecule has 3 aliphatic carbocycles. The quantitative estimate of drug-likeness (QED) is 0.783. The summed E-state index contributed by atoms with van der Waals surface area (Å²) in [6, 6.07) is 20.1. The van der Waals surface area contributed by atoms with Gasteiger partial charge in [0.15, 0.2) is 0 Å². The minimum Gasteiger partial charge on any atom is -0.399 e. The molecular formula is C22H25N. The lowest BCUT2D eigenvalue weighted by atomic mass is 9.54. The minimum atomic E-state index is 0.316. The minimum absolute atomic E-state index is 0.316. The van der Waals surface area contributed by atoms with Crippen molar-refractivity contribution in [2.24, 2.45) is 17.3 Å². The van der Waals surface area contributed by atoms with Crippen LogP contribution in [0.15, 0.2) is 54.6 Å². The summed E-state index contributed by atoms with van der Waals surface area (Å²) in [6.07, 6.45) is 4.20. The fourth-order valence-electron chi connectivity index (χ4n) is 7.41. The summed E-state index contributed by atoms with van der Waals surface area (Å²) in [5.41, 5.74) is 10.9. The summed E-state index contributed by atoms with van der Waals surface area (Å²) < 4.78 is 0. The van der Waals surface area contributed by atoms with Gasteiger partial charge in [-0.1, -0.05) is 62.7 Å². The van der Waals surface area contributed by atoms with Gasteiger partial charge in [-0.2, -0.15) is 0 Å². The van der Waals surface area contributed by atoms with Gasteiger partial charge in [-0.15, -0.1) is 0 Å². The number of rotatable bonds is 2. The van der Waals surface area contributed by atoms with E-state index < -0.39 is 0 Å². The molecule has 3 aliphatic rings. The Bertz CT molecular complexity index is 760. The lowest BCUT2D eigenvalue weighted by molar-refractivity contribution is 0.120. The second-order valence-corrected chi connectivity index (χ2v) is 8.37. The third-order valence-electron chi connectivity index (χ3n) is 7.75. The van der Waals surface area contributed by atoms with Gasteiger partial charge in [0, 0.05) is 16.5 Å². The van der Waals surface area contributed by atoms with Gasteiger partial charge in [-0.05, 0) is 53.4 Å². The lowest BCUT2D eigenvalue weighted by Crippen LogP contribution is -2.49. The van der Waals surface area contributed by atoms with Crippen LogP contribution in [0, 0.1) is 17.3 Å². The van der Waals surface area contributed by atoms with E-state index in [0.717, 1.165) is 17.5 Å². The first-order valence-corrected chi connectivity index (χ1v) is 9.00. The molecule has 4 atom stereocenters. The highest BCUT2D eigenvalue weighted by molar-refractivity contribution is 5.65. The smallest absolute Gasteiger partial charge is 0.0314 e. The third kappa shape index (κ3) is 1.19. The summed E-state index contributed by atoms with van der Waals surface area (Å²) in [6.45, 7) is 5.02. The Morgan fingerprint density at radius 1 is 0.783 bits per heavy atom. The molecule has 1 nitrogen and oxygen atoms in total. The molecule has 0 aliphatic heterocycles. The van der Waals surface area contributed by atoms with Crippen molar-refractivity contribution in [3.05, 3.63) is 65.7 Å². The topological polar surface area (TPSA) is 26.0 Å². The molecule has 3 fully saturated rings. The average molecular weight is 303 g/mol. The number of anilines is 1. The molecule has 2 aromatic carbocycles. The van der Waals surface area contributed by atoms with Crippen LogP contribution in [0.1, 0.15) is 44.2 Å². The van der Waals surface area contributed by atoms with Crippen molar-refractivity contribution in [2.75, 3.05) is 5.73 Å². The Labute approximate surface area is 138 Å². The molecular weight excluding hydrogens is 278 g/mol. The largest absolute Gasteiger partial charge is 0.399 e. The first-order valence-electron chi connectivity index (χ1n) is 9.00. The van der Waals surface area contributed by atoms with Crippen LogP contribution in [0.25, 0.3) is 0 Å². The van der Waals surface area contributed by atoms with Crippen molar-refractivity contribution in [3.63, 3.8) is 0 Å². The zero-order chi connectivity index (χ0) is 15.9. The number of hydrogen-bond acceptors (Lipinski definition) is 1. The number of hydrogen-bond donors (Lipinski definition) is 1. The van der Waals surface area contributed by atoms with Gasteiger partial charge in [-0.3, -0.25) is 0 Å². The van der Waals surface area contributed by atoms with Gasteiger partial charge in [0.25, 0.3) is 0 Å². The highest BCUT2D eigenvalue weighted by atomic mass is 15.0. The van der Waals surface area contributed by atoms with E-state index in [2.05, 4.69) is 68.4 Å². The lowest BCUT2D eigenvalue weighted by Gasteiger charge is -2.49. The molecule has 2 aromatic rings. The summed E-state index contributed by atoms with van der Waals surface area (Å²) in [5.74, 6) is 1.71. The summed E-state index contributed by atoms with van der Waals surface area (Å²) in [7, 11) is 0. The normalized spacial score (nSPS) is 39.2. The molecule has 0 bridgehead atoms. The highest BCUT2D eigenvalue weighted by Crippen LogP contribution is 2.94. The SMILES string of the molecule is CC1(C)[C@]2(c3ccccc3)[C@H]3CCC[C@H]3[C@]12c1ccc(N)cc1. The van der Waals surface area contributed by atoms with E-state index in [1.165, 1.54) is 24.8 Å². The van der Waals surface area contributed by atoms with Crippen molar-refractivity contribution in [1.82, 2.24) is 0 Å². The zero-order valence-electron chi connectivity index (χ0n) is 14.0. The van der Waals surface area contributed by atoms with Gasteiger partial charge >= 0.3 is 0 Å². The van der Waals surface area contributed by atoms with Crippen molar-refractivity contribution in [1.29, 1.82) is 0 Å². The van der Waals surface area contributed by atoms with E-state index in [-0.39, 0.29) is 0 Å². The van der Waals surface area contributed by atoms with E-state index in [0.29, 0.717) is 16.2 Å². The molecule has 0 spiro atoms. The molecule has 23 heavy (non-hydrogen) atoms. The van der Waals surface area contributed by atoms with Crippen molar-refractivity contribution >= 4 is 5.69 Å². The number of benzene rings is 2. The fraction of sp³-hybridized carbons (Fsp3) is 0.455. The van der Waals surface area contributed by atoms with Gasteiger partial charge in [0.1, 0.15) is 0 Å². The number of fused-ring (bicyclic) bond motifs is 4. The molecule has 0 unspecified atom stereocenters. The molecule has 1 heteroatoms. The summed E-state index contributed by atoms with van der Waals surface area (Å²) in [5, 5.41) is 0. The monoisotopic (exact) mass is 303 g/mol. The van der Waals surface area contributed by atoms with Gasteiger partial charge in [-0.25, -0.2) is 0 Å². The van der Waals surface area contributed by atoms with Crippen molar-refractivity contribution in [3.8, 4) is 0 Å². The molecule has 2 N–H and O–H groups in total. The van der Waals surface area contributed by atoms with Crippen LogP contribution in [0.5, 0.6) is 0 Å². The van der Waals surface area contributed by atoms with Crippen molar-refractivity contribution in [2.45, 2.75) is 43.9 Å². The molecule has 0 radical (unpaired) electrons. The van der Waals surface area contributed by atoms with Crippen LogP contribution in [-0.4, -0.2) is 0 Å². The van der Waals surface area contributed by atoms with E-state index in [1.807, 2.05) is 0 Å². The Balaban J connectivity index is 1.75. The Morgan fingerprint density at radius 2 is 1.30 bits per heavy atom. The predicted molar refractivity (Wildman–Crippen MR) is 95.3 cm³/mol. The second kappa shape index (κ2) is 4.01. The van der Waals surface area contributed by atoms with E-state index >= 15 is 0 Å². The van der Waals surface area contributed by atoms with E-state index in [9.17, 15) is 0 Å². The molecule has 5 rings (SSSR count). The fourth-order valence-corrected chi connectivity index (χ4v) is 7.41. The molecule has 118 valence electrons. The zero-order valence-corrected chi connectivity index (χ0v) is 14.0. The summed E-state index contributed by atoms with van der Waals surface area (Å²) in [4.78, 5) is 0.